The second-order valence-corrected chi connectivity index (χ2v) is 7.92. The van der Waals surface area contributed by atoms with E-state index < -0.39 is 16.0 Å². The van der Waals surface area contributed by atoms with Crippen LogP contribution in [0.2, 0.25) is 0 Å². The fraction of sp³-hybridized carbons (Fsp3) is 0.0952. The van der Waals surface area contributed by atoms with Gasteiger partial charge >= 0.3 is 5.97 Å². The number of sulfonamides is 1. The fourth-order valence-corrected chi connectivity index (χ4v) is 4.03. The maximum Gasteiger partial charge on any atom is 0.335 e. The zero-order valence-electron chi connectivity index (χ0n) is 15.2. The predicted octanol–water partition coefficient (Wildman–Crippen LogP) is 4.36. The van der Waals surface area contributed by atoms with E-state index in [0.717, 1.165) is 11.6 Å². The summed E-state index contributed by atoms with van der Waals surface area (Å²) in [6.07, 6.45) is 0. The standard InChI is InChI=1S/C21H20N2O4S/c1-15(16-8-4-2-5-9-16)22-19-13-12-17(21(24)25)14-20(19)28(26,27)23-18-10-6-3-7-11-18/h2-15,22-23H,1H3,(H,24,25)/t15-/m0/s1. The number of carboxylic acid groups (broad SMARTS) is 1. The average molecular weight is 396 g/mol. The first-order valence-electron chi connectivity index (χ1n) is 8.63. The Morgan fingerprint density at radius 3 is 2.14 bits per heavy atom. The summed E-state index contributed by atoms with van der Waals surface area (Å²) >= 11 is 0. The quantitative estimate of drug-likeness (QED) is 0.551. The van der Waals surface area contributed by atoms with Crippen LogP contribution in [0.15, 0.2) is 83.8 Å². The number of anilines is 2. The summed E-state index contributed by atoms with van der Waals surface area (Å²) in [5.41, 5.74) is 1.59. The Hall–Kier alpha value is -3.32. The van der Waals surface area contributed by atoms with Gasteiger partial charge in [-0.3, -0.25) is 4.72 Å². The predicted molar refractivity (Wildman–Crippen MR) is 109 cm³/mol. The van der Waals surface area contributed by atoms with Crippen molar-refractivity contribution in [3.8, 4) is 0 Å². The first-order valence-corrected chi connectivity index (χ1v) is 10.1. The van der Waals surface area contributed by atoms with Crippen LogP contribution in [-0.4, -0.2) is 19.5 Å². The van der Waals surface area contributed by atoms with Gasteiger partial charge in [0.25, 0.3) is 10.0 Å². The van der Waals surface area contributed by atoms with Crippen molar-refractivity contribution in [3.05, 3.63) is 90.0 Å². The Morgan fingerprint density at radius 2 is 1.54 bits per heavy atom. The number of hydrogen-bond donors (Lipinski definition) is 3. The Bertz CT molecular complexity index is 1070. The molecule has 0 bridgehead atoms. The molecule has 144 valence electrons. The molecule has 0 amide bonds. The van der Waals surface area contributed by atoms with Crippen molar-refractivity contribution in [2.24, 2.45) is 0 Å². The van der Waals surface area contributed by atoms with Crippen molar-refractivity contribution in [2.75, 3.05) is 10.0 Å². The van der Waals surface area contributed by atoms with E-state index in [0.29, 0.717) is 11.4 Å². The largest absolute Gasteiger partial charge is 0.478 e. The molecule has 3 aromatic carbocycles. The molecule has 0 spiro atoms. The molecule has 0 aromatic heterocycles. The molecule has 0 aliphatic rings. The highest BCUT2D eigenvalue weighted by molar-refractivity contribution is 7.92. The van der Waals surface area contributed by atoms with Crippen LogP contribution >= 0.6 is 0 Å². The van der Waals surface area contributed by atoms with Gasteiger partial charge in [-0.15, -0.1) is 0 Å². The van der Waals surface area contributed by atoms with E-state index in [1.54, 1.807) is 30.3 Å². The summed E-state index contributed by atoms with van der Waals surface area (Å²) < 4.78 is 28.4. The van der Waals surface area contributed by atoms with Crippen molar-refractivity contribution in [3.63, 3.8) is 0 Å². The van der Waals surface area contributed by atoms with Gasteiger partial charge in [0.1, 0.15) is 4.90 Å². The van der Waals surface area contributed by atoms with Crippen LogP contribution in [0, 0.1) is 0 Å². The minimum absolute atomic E-state index is 0.105. The molecule has 0 heterocycles. The van der Waals surface area contributed by atoms with E-state index in [1.165, 1.54) is 12.1 Å². The summed E-state index contributed by atoms with van der Waals surface area (Å²) in [4.78, 5) is 11.2. The SMILES string of the molecule is C[C@H](Nc1ccc(C(=O)O)cc1S(=O)(=O)Nc1ccccc1)c1ccccc1. The molecular weight excluding hydrogens is 376 g/mol. The minimum atomic E-state index is -4.00. The number of hydrogen-bond acceptors (Lipinski definition) is 4. The van der Waals surface area contributed by atoms with Gasteiger partial charge in [0.2, 0.25) is 0 Å². The molecule has 6 nitrogen and oxygen atoms in total. The Balaban J connectivity index is 2.00. The van der Waals surface area contributed by atoms with E-state index in [-0.39, 0.29) is 16.5 Å². The third-order valence-electron chi connectivity index (χ3n) is 4.22. The lowest BCUT2D eigenvalue weighted by atomic mass is 10.1. The van der Waals surface area contributed by atoms with Gasteiger partial charge in [0.05, 0.1) is 11.3 Å². The van der Waals surface area contributed by atoms with E-state index in [1.807, 2.05) is 37.3 Å². The van der Waals surface area contributed by atoms with E-state index in [2.05, 4.69) is 10.0 Å². The maximum absolute atomic E-state index is 13.0. The summed E-state index contributed by atoms with van der Waals surface area (Å²) in [5, 5.41) is 12.5. The van der Waals surface area contributed by atoms with Gasteiger partial charge in [-0.2, -0.15) is 0 Å². The average Bonchev–Trinajstić information content (AvgIpc) is 2.69. The molecule has 0 aliphatic heterocycles. The van der Waals surface area contributed by atoms with E-state index >= 15 is 0 Å². The molecule has 3 aromatic rings. The van der Waals surface area contributed by atoms with Crippen LogP contribution in [0.25, 0.3) is 0 Å². The Labute approximate surface area is 163 Å². The van der Waals surface area contributed by atoms with Crippen LogP contribution in [0.4, 0.5) is 11.4 Å². The zero-order chi connectivity index (χ0) is 20.1. The highest BCUT2D eigenvalue weighted by Crippen LogP contribution is 2.28. The van der Waals surface area contributed by atoms with Crippen molar-refractivity contribution < 1.29 is 18.3 Å². The molecule has 0 aliphatic carbocycles. The Morgan fingerprint density at radius 1 is 0.929 bits per heavy atom. The molecule has 0 radical (unpaired) electrons. The molecule has 0 saturated carbocycles. The number of nitrogens with one attached hydrogen (secondary N) is 2. The van der Waals surface area contributed by atoms with Crippen LogP contribution in [0.5, 0.6) is 0 Å². The number of rotatable bonds is 7. The molecule has 0 saturated heterocycles. The number of para-hydroxylation sites is 1. The first kappa shape index (κ1) is 19.4. The molecular formula is C21H20N2O4S. The van der Waals surface area contributed by atoms with E-state index in [4.69, 9.17) is 0 Å². The molecule has 0 fully saturated rings. The third kappa shape index (κ3) is 4.50. The van der Waals surface area contributed by atoms with Crippen LogP contribution in [-0.2, 0) is 10.0 Å². The molecule has 7 heteroatoms. The fourth-order valence-electron chi connectivity index (χ4n) is 2.77. The molecule has 28 heavy (non-hydrogen) atoms. The maximum atomic E-state index is 13.0. The first-order chi connectivity index (χ1) is 13.4. The molecule has 1 atom stereocenters. The van der Waals surface area contributed by atoms with Crippen molar-refractivity contribution >= 4 is 27.4 Å². The lowest BCUT2D eigenvalue weighted by molar-refractivity contribution is 0.0696. The number of carbonyl (C=O) groups is 1. The molecule has 3 rings (SSSR count). The lowest BCUT2D eigenvalue weighted by Crippen LogP contribution is -2.17. The van der Waals surface area contributed by atoms with Crippen LogP contribution in [0.1, 0.15) is 28.9 Å². The van der Waals surface area contributed by atoms with Gasteiger partial charge in [0.15, 0.2) is 0 Å². The lowest BCUT2D eigenvalue weighted by Gasteiger charge is -2.19. The normalized spacial score (nSPS) is 12.2. The van der Waals surface area contributed by atoms with Crippen LogP contribution < -0.4 is 10.0 Å². The summed E-state index contributed by atoms with van der Waals surface area (Å²) in [5.74, 6) is -1.20. The zero-order valence-corrected chi connectivity index (χ0v) is 16.0. The second-order valence-electron chi connectivity index (χ2n) is 6.26. The summed E-state index contributed by atoms with van der Waals surface area (Å²) in [6.45, 7) is 1.90. The van der Waals surface area contributed by atoms with Gasteiger partial charge in [-0.05, 0) is 42.8 Å². The van der Waals surface area contributed by atoms with Crippen LogP contribution in [0.3, 0.4) is 0 Å². The highest BCUT2D eigenvalue weighted by Gasteiger charge is 2.22. The highest BCUT2D eigenvalue weighted by atomic mass is 32.2. The monoisotopic (exact) mass is 396 g/mol. The second kappa shape index (κ2) is 8.14. The smallest absolute Gasteiger partial charge is 0.335 e. The Kier molecular flexibility index (Phi) is 5.65. The third-order valence-corrected chi connectivity index (χ3v) is 5.64. The van der Waals surface area contributed by atoms with Crippen molar-refractivity contribution in [1.82, 2.24) is 0 Å². The van der Waals surface area contributed by atoms with Crippen molar-refractivity contribution in [2.45, 2.75) is 17.9 Å². The minimum Gasteiger partial charge on any atom is -0.478 e. The van der Waals surface area contributed by atoms with Gasteiger partial charge in [0, 0.05) is 11.7 Å². The van der Waals surface area contributed by atoms with Gasteiger partial charge in [-0.1, -0.05) is 48.5 Å². The van der Waals surface area contributed by atoms with Gasteiger partial charge < -0.3 is 10.4 Å². The topological polar surface area (TPSA) is 95.5 Å². The number of benzene rings is 3. The van der Waals surface area contributed by atoms with Gasteiger partial charge in [-0.25, -0.2) is 13.2 Å². The number of carboxylic acids is 1. The number of aromatic carboxylic acids is 1. The molecule has 0 unspecified atom stereocenters. The van der Waals surface area contributed by atoms with E-state index in [9.17, 15) is 18.3 Å². The van der Waals surface area contributed by atoms with Crippen molar-refractivity contribution in [1.29, 1.82) is 0 Å². The summed E-state index contributed by atoms with van der Waals surface area (Å²) in [6, 6.07) is 21.8. The summed E-state index contributed by atoms with van der Waals surface area (Å²) in [7, 11) is -4.00. The molecule has 3 N–H and O–H groups in total.